The maximum Gasteiger partial charge on any atom is 0.311 e. The van der Waals surface area contributed by atoms with Crippen LogP contribution in [0.2, 0.25) is 0 Å². The van der Waals surface area contributed by atoms with Gasteiger partial charge in [-0.3, -0.25) is 4.79 Å². The van der Waals surface area contributed by atoms with E-state index in [-0.39, 0.29) is 11.9 Å². The molecule has 1 fully saturated rings. The quantitative estimate of drug-likeness (QED) is 0.479. The molecule has 4 heteroatoms. The molecule has 4 nitrogen and oxygen atoms in total. The Bertz CT molecular complexity index is 130. The van der Waals surface area contributed by atoms with E-state index in [1.54, 1.807) is 0 Å². The van der Waals surface area contributed by atoms with E-state index in [0.717, 1.165) is 26.2 Å². The summed E-state index contributed by atoms with van der Waals surface area (Å²) < 4.78 is 4.63. The summed E-state index contributed by atoms with van der Waals surface area (Å²) >= 11 is 0. The number of rotatable bonds is 1. The fourth-order valence-corrected chi connectivity index (χ4v) is 1.13. The molecule has 0 radical (unpaired) electrons. The van der Waals surface area contributed by atoms with E-state index < -0.39 is 0 Å². The lowest BCUT2D eigenvalue weighted by molar-refractivity contribution is -0.144. The second-order valence-corrected chi connectivity index (χ2v) is 2.63. The lowest BCUT2D eigenvalue weighted by atomic mass is 10.1. The van der Waals surface area contributed by atoms with Crippen molar-refractivity contribution in [2.75, 3.05) is 33.3 Å². The number of hydrogen-bond donors (Lipinski definition) is 2. The van der Waals surface area contributed by atoms with Gasteiger partial charge in [0.05, 0.1) is 13.0 Å². The fraction of sp³-hybridized carbons (Fsp3) is 0.857. The van der Waals surface area contributed by atoms with Crippen LogP contribution < -0.4 is 10.6 Å². The summed E-state index contributed by atoms with van der Waals surface area (Å²) in [5, 5.41) is 6.30. The van der Waals surface area contributed by atoms with Crippen LogP contribution in [0.1, 0.15) is 0 Å². The van der Waals surface area contributed by atoms with Crippen molar-refractivity contribution < 1.29 is 9.53 Å². The first-order valence-corrected chi connectivity index (χ1v) is 3.84. The van der Waals surface area contributed by atoms with Gasteiger partial charge in [-0.25, -0.2) is 0 Å². The molecule has 1 aliphatic rings. The molecular weight excluding hydrogens is 144 g/mol. The SMILES string of the molecule is COC(=O)C1CNCCNC1. The number of hydrogen-bond acceptors (Lipinski definition) is 4. The summed E-state index contributed by atoms with van der Waals surface area (Å²) in [5.41, 5.74) is 0. The van der Waals surface area contributed by atoms with Gasteiger partial charge in [-0.05, 0) is 0 Å². The van der Waals surface area contributed by atoms with Crippen LogP contribution in [0.4, 0.5) is 0 Å². The van der Waals surface area contributed by atoms with Crippen molar-refractivity contribution in [2.24, 2.45) is 5.92 Å². The number of nitrogens with one attached hydrogen (secondary N) is 2. The normalized spacial score (nSPS) is 20.8. The molecule has 0 aromatic rings. The molecule has 2 N–H and O–H groups in total. The molecule has 0 spiro atoms. The predicted molar refractivity (Wildman–Crippen MR) is 41.2 cm³/mol. The standard InChI is InChI=1S/C7H14N2O2/c1-11-7(10)6-4-8-2-3-9-5-6/h6,8-9H,2-5H2,1H3. The van der Waals surface area contributed by atoms with E-state index in [1.165, 1.54) is 7.11 Å². The molecule has 1 saturated heterocycles. The molecule has 0 aromatic carbocycles. The molecule has 0 bridgehead atoms. The highest BCUT2D eigenvalue weighted by Gasteiger charge is 2.19. The Balaban J connectivity index is 2.36. The van der Waals surface area contributed by atoms with E-state index in [9.17, 15) is 4.79 Å². The Hall–Kier alpha value is -0.610. The van der Waals surface area contributed by atoms with Crippen LogP contribution in [-0.2, 0) is 9.53 Å². The number of esters is 1. The Labute approximate surface area is 66.3 Å². The minimum atomic E-state index is -0.132. The average molecular weight is 158 g/mol. The summed E-state index contributed by atoms with van der Waals surface area (Å²) in [6, 6.07) is 0. The molecule has 0 aliphatic carbocycles. The Morgan fingerprint density at radius 1 is 1.36 bits per heavy atom. The third-order valence-electron chi connectivity index (χ3n) is 1.79. The summed E-state index contributed by atoms with van der Waals surface area (Å²) in [6.45, 7) is 3.29. The molecule has 0 saturated carbocycles. The van der Waals surface area contributed by atoms with Gasteiger partial charge < -0.3 is 15.4 Å². The van der Waals surface area contributed by atoms with Crippen LogP contribution in [0.5, 0.6) is 0 Å². The van der Waals surface area contributed by atoms with Crippen LogP contribution in [0.25, 0.3) is 0 Å². The Morgan fingerprint density at radius 3 is 2.36 bits per heavy atom. The smallest absolute Gasteiger partial charge is 0.311 e. The average Bonchev–Trinajstić information content (AvgIpc) is 2.30. The fourth-order valence-electron chi connectivity index (χ4n) is 1.13. The van der Waals surface area contributed by atoms with Crippen molar-refractivity contribution in [1.29, 1.82) is 0 Å². The van der Waals surface area contributed by atoms with Crippen molar-refractivity contribution in [3.63, 3.8) is 0 Å². The van der Waals surface area contributed by atoms with Crippen molar-refractivity contribution in [3.8, 4) is 0 Å². The Morgan fingerprint density at radius 2 is 1.91 bits per heavy atom. The maximum absolute atomic E-state index is 11.0. The molecule has 1 aliphatic heterocycles. The third-order valence-corrected chi connectivity index (χ3v) is 1.79. The van der Waals surface area contributed by atoms with Gasteiger partial charge in [0, 0.05) is 26.2 Å². The molecule has 1 rings (SSSR count). The zero-order valence-electron chi connectivity index (χ0n) is 6.72. The number of ether oxygens (including phenoxy) is 1. The van der Waals surface area contributed by atoms with Crippen LogP contribution in [0.15, 0.2) is 0 Å². The molecule has 0 atom stereocenters. The molecule has 1 heterocycles. The van der Waals surface area contributed by atoms with Gasteiger partial charge >= 0.3 is 5.97 Å². The van der Waals surface area contributed by atoms with Gasteiger partial charge in [0.1, 0.15) is 0 Å². The highest BCUT2D eigenvalue weighted by Crippen LogP contribution is 1.97. The second kappa shape index (κ2) is 4.31. The van der Waals surface area contributed by atoms with E-state index in [0.29, 0.717) is 0 Å². The molecule has 0 unspecified atom stereocenters. The van der Waals surface area contributed by atoms with Crippen molar-refractivity contribution in [2.45, 2.75) is 0 Å². The number of methoxy groups -OCH3 is 1. The van der Waals surface area contributed by atoms with Gasteiger partial charge in [-0.2, -0.15) is 0 Å². The largest absolute Gasteiger partial charge is 0.469 e. The van der Waals surface area contributed by atoms with Gasteiger partial charge in [-0.1, -0.05) is 0 Å². The van der Waals surface area contributed by atoms with E-state index in [1.807, 2.05) is 0 Å². The number of carbonyl (C=O) groups is 1. The van der Waals surface area contributed by atoms with Crippen LogP contribution >= 0.6 is 0 Å². The van der Waals surface area contributed by atoms with E-state index in [4.69, 9.17) is 0 Å². The molecule has 64 valence electrons. The monoisotopic (exact) mass is 158 g/mol. The highest BCUT2D eigenvalue weighted by atomic mass is 16.5. The van der Waals surface area contributed by atoms with Gasteiger partial charge in [0.25, 0.3) is 0 Å². The zero-order chi connectivity index (χ0) is 8.10. The van der Waals surface area contributed by atoms with Crippen molar-refractivity contribution in [1.82, 2.24) is 10.6 Å². The summed E-state index contributed by atoms with van der Waals surface area (Å²) in [7, 11) is 1.42. The highest BCUT2D eigenvalue weighted by molar-refractivity contribution is 5.72. The molecular formula is C7H14N2O2. The molecule has 0 aromatic heterocycles. The first-order chi connectivity index (χ1) is 5.34. The van der Waals surface area contributed by atoms with Gasteiger partial charge in [0.15, 0.2) is 0 Å². The zero-order valence-corrected chi connectivity index (χ0v) is 6.72. The predicted octanol–water partition coefficient (Wildman–Crippen LogP) is -1.03. The minimum Gasteiger partial charge on any atom is -0.469 e. The third kappa shape index (κ3) is 2.48. The molecule has 0 amide bonds. The Kier molecular flexibility index (Phi) is 3.32. The van der Waals surface area contributed by atoms with E-state index >= 15 is 0 Å². The lowest BCUT2D eigenvalue weighted by Gasteiger charge is -2.10. The van der Waals surface area contributed by atoms with Gasteiger partial charge in [-0.15, -0.1) is 0 Å². The van der Waals surface area contributed by atoms with Crippen molar-refractivity contribution >= 4 is 5.97 Å². The number of carbonyl (C=O) groups excluding carboxylic acids is 1. The first kappa shape index (κ1) is 8.49. The molecule has 11 heavy (non-hydrogen) atoms. The lowest BCUT2D eigenvalue weighted by Crippen LogP contribution is -2.31. The summed E-state index contributed by atoms with van der Waals surface area (Å²) in [4.78, 5) is 11.0. The van der Waals surface area contributed by atoms with E-state index in [2.05, 4.69) is 15.4 Å². The topological polar surface area (TPSA) is 50.4 Å². The second-order valence-electron chi connectivity index (χ2n) is 2.63. The van der Waals surface area contributed by atoms with Gasteiger partial charge in [0.2, 0.25) is 0 Å². The summed E-state index contributed by atoms with van der Waals surface area (Å²) in [6.07, 6.45) is 0. The minimum absolute atomic E-state index is 0.0255. The van der Waals surface area contributed by atoms with Crippen LogP contribution in [-0.4, -0.2) is 39.3 Å². The van der Waals surface area contributed by atoms with Crippen LogP contribution in [0, 0.1) is 5.92 Å². The van der Waals surface area contributed by atoms with Crippen LogP contribution in [0.3, 0.4) is 0 Å². The maximum atomic E-state index is 11.0. The first-order valence-electron chi connectivity index (χ1n) is 3.84. The van der Waals surface area contributed by atoms with Crippen molar-refractivity contribution in [3.05, 3.63) is 0 Å². The summed E-state index contributed by atoms with van der Waals surface area (Å²) in [5.74, 6) is -0.158.